The van der Waals surface area contributed by atoms with Gasteiger partial charge in [0.15, 0.2) is 0 Å². The van der Waals surface area contributed by atoms with Crippen molar-refractivity contribution in [3.63, 3.8) is 0 Å². The Morgan fingerprint density at radius 1 is 1.12 bits per heavy atom. The quantitative estimate of drug-likeness (QED) is 0.851. The van der Waals surface area contributed by atoms with E-state index in [1.165, 1.54) is 0 Å². The molecule has 2 rings (SSSR count). The Labute approximate surface area is 106 Å². The number of aromatic amines is 1. The van der Waals surface area contributed by atoms with Gasteiger partial charge in [0.25, 0.3) is 0 Å². The molecule has 0 bridgehead atoms. The van der Waals surface area contributed by atoms with Crippen LogP contribution in [0, 0.1) is 0 Å². The van der Waals surface area contributed by atoms with E-state index in [2.05, 4.69) is 20.2 Å². The first-order valence-electron chi connectivity index (χ1n) is 4.94. The summed E-state index contributed by atoms with van der Waals surface area (Å²) in [6.07, 6.45) is 3.35. The van der Waals surface area contributed by atoms with E-state index < -0.39 is 0 Å². The highest BCUT2D eigenvalue weighted by atomic mass is 35.5. The van der Waals surface area contributed by atoms with E-state index >= 15 is 0 Å². The largest absolute Gasteiger partial charge is 0.378 e. The zero-order chi connectivity index (χ0) is 11.4. The third kappa shape index (κ3) is 3.57. The van der Waals surface area contributed by atoms with Crippen molar-refractivity contribution < 1.29 is 0 Å². The summed E-state index contributed by atoms with van der Waals surface area (Å²) in [6, 6.07) is 7.83. The summed E-state index contributed by atoms with van der Waals surface area (Å²) in [5.74, 6) is 0.511. The standard InChI is InChI=1S/C11H13N5.ClH/c1-16(2)10-5-3-9(4-6-10)14-15-11-12-7-8-13-11;/h3-8H,1-2H3,(H,12,13);1H. The Hall–Kier alpha value is -1.88. The summed E-state index contributed by atoms with van der Waals surface area (Å²) in [5, 5.41) is 8.02. The maximum atomic E-state index is 4.06. The van der Waals surface area contributed by atoms with Gasteiger partial charge in [-0.1, -0.05) is 0 Å². The number of imidazole rings is 1. The molecule has 1 N–H and O–H groups in total. The third-order valence-corrected chi connectivity index (χ3v) is 2.11. The topological polar surface area (TPSA) is 56.6 Å². The van der Waals surface area contributed by atoms with Crippen LogP contribution in [0.2, 0.25) is 0 Å². The van der Waals surface area contributed by atoms with Gasteiger partial charge in [-0.05, 0) is 24.3 Å². The van der Waals surface area contributed by atoms with Gasteiger partial charge in [-0.3, -0.25) is 0 Å². The first-order chi connectivity index (χ1) is 7.75. The number of benzene rings is 1. The van der Waals surface area contributed by atoms with Crippen LogP contribution in [0.4, 0.5) is 17.3 Å². The average Bonchev–Trinajstić information content (AvgIpc) is 2.80. The van der Waals surface area contributed by atoms with Gasteiger partial charge in [0.1, 0.15) is 0 Å². The van der Waals surface area contributed by atoms with Gasteiger partial charge in [-0.2, -0.15) is 0 Å². The van der Waals surface area contributed by atoms with Crippen LogP contribution in [0.5, 0.6) is 0 Å². The molecule has 6 heteroatoms. The second-order valence-corrected chi connectivity index (χ2v) is 3.52. The molecule has 0 saturated heterocycles. The molecule has 17 heavy (non-hydrogen) atoms. The van der Waals surface area contributed by atoms with Crippen LogP contribution in [0.1, 0.15) is 0 Å². The molecule has 0 aliphatic carbocycles. The summed E-state index contributed by atoms with van der Waals surface area (Å²) >= 11 is 0. The number of H-pyrrole nitrogens is 1. The second-order valence-electron chi connectivity index (χ2n) is 3.52. The lowest BCUT2D eigenvalue weighted by molar-refractivity contribution is 1.11. The van der Waals surface area contributed by atoms with Crippen LogP contribution < -0.4 is 4.90 Å². The normalized spacial score (nSPS) is 10.2. The van der Waals surface area contributed by atoms with E-state index in [9.17, 15) is 0 Å². The molecule has 0 aliphatic heterocycles. The Balaban J connectivity index is 0.00000144. The lowest BCUT2D eigenvalue weighted by Crippen LogP contribution is -2.07. The third-order valence-electron chi connectivity index (χ3n) is 2.11. The van der Waals surface area contributed by atoms with Crippen LogP contribution in [-0.4, -0.2) is 24.1 Å². The van der Waals surface area contributed by atoms with Crippen molar-refractivity contribution >= 4 is 29.7 Å². The van der Waals surface area contributed by atoms with Crippen molar-refractivity contribution in [2.45, 2.75) is 0 Å². The number of hydrogen-bond donors (Lipinski definition) is 1. The molecule has 90 valence electrons. The van der Waals surface area contributed by atoms with E-state index in [0.717, 1.165) is 11.4 Å². The Morgan fingerprint density at radius 2 is 1.82 bits per heavy atom. The van der Waals surface area contributed by atoms with Crippen LogP contribution >= 0.6 is 12.4 Å². The number of halogens is 1. The minimum Gasteiger partial charge on any atom is -0.378 e. The Morgan fingerprint density at radius 3 is 2.35 bits per heavy atom. The summed E-state index contributed by atoms with van der Waals surface area (Å²) < 4.78 is 0. The van der Waals surface area contributed by atoms with E-state index in [0.29, 0.717) is 5.95 Å². The van der Waals surface area contributed by atoms with Crippen molar-refractivity contribution in [1.82, 2.24) is 9.97 Å². The highest BCUT2D eigenvalue weighted by molar-refractivity contribution is 5.85. The molecule has 0 radical (unpaired) electrons. The minimum absolute atomic E-state index is 0. The predicted octanol–water partition coefficient (Wildman–Crippen LogP) is 3.31. The fraction of sp³-hybridized carbons (Fsp3) is 0.182. The summed E-state index contributed by atoms with van der Waals surface area (Å²) in [7, 11) is 4.00. The van der Waals surface area contributed by atoms with Crippen molar-refractivity contribution in [2.75, 3.05) is 19.0 Å². The molecule has 0 aliphatic rings. The SMILES string of the molecule is CN(C)c1ccc(N=Nc2ncc[nH]2)cc1.Cl. The number of rotatable bonds is 3. The highest BCUT2D eigenvalue weighted by Crippen LogP contribution is 2.19. The average molecular weight is 252 g/mol. The molecule has 1 aromatic carbocycles. The number of nitrogens with one attached hydrogen (secondary N) is 1. The maximum Gasteiger partial charge on any atom is 0.246 e. The number of nitrogens with zero attached hydrogens (tertiary/aromatic N) is 4. The van der Waals surface area contributed by atoms with E-state index in [1.807, 2.05) is 43.3 Å². The maximum absolute atomic E-state index is 4.06. The Bertz CT molecular complexity index is 461. The molecule has 1 aromatic heterocycles. The molecule has 2 aromatic rings. The molecule has 0 atom stereocenters. The predicted molar refractivity (Wildman–Crippen MR) is 70.8 cm³/mol. The molecule has 0 spiro atoms. The summed E-state index contributed by atoms with van der Waals surface area (Å²) in [4.78, 5) is 8.85. The van der Waals surface area contributed by atoms with Crippen LogP contribution in [0.3, 0.4) is 0 Å². The lowest BCUT2D eigenvalue weighted by atomic mass is 10.3. The smallest absolute Gasteiger partial charge is 0.246 e. The first-order valence-corrected chi connectivity index (χ1v) is 4.94. The Kier molecular flexibility index (Phi) is 4.66. The lowest BCUT2D eigenvalue weighted by Gasteiger charge is -2.11. The first kappa shape index (κ1) is 13.2. The molecular formula is C11H14ClN5. The molecule has 0 fully saturated rings. The van der Waals surface area contributed by atoms with Gasteiger partial charge < -0.3 is 9.88 Å². The fourth-order valence-electron chi connectivity index (χ4n) is 1.23. The van der Waals surface area contributed by atoms with Gasteiger partial charge in [0.2, 0.25) is 5.95 Å². The van der Waals surface area contributed by atoms with Gasteiger partial charge >= 0.3 is 0 Å². The van der Waals surface area contributed by atoms with Crippen molar-refractivity contribution in [2.24, 2.45) is 10.2 Å². The number of hydrogen-bond acceptors (Lipinski definition) is 4. The molecule has 1 heterocycles. The number of azo groups is 1. The minimum atomic E-state index is 0. The number of aromatic nitrogens is 2. The van der Waals surface area contributed by atoms with Crippen LogP contribution in [0.25, 0.3) is 0 Å². The van der Waals surface area contributed by atoms with Gasteiger partial charge in [-0.15, -0.1) is 22.6 Å². The molecular weight excluding hydrogens is 238 g/mol. The van der Waals surface area contributed by atoms with E-state index in [1.54, 1.807) is 12.4 Å². The number of anilines is 1. The van der Waals surface area contributed by atoms with Crippen LogP contribution in [0.15, 0.2) is 46.9 Å². The zero-order valence-corrected chi connectivity index (χ0v) is 10.5. The van der Waals surface area contributed by atoms with Gasteiger partial charge in [0.05, 0.1) is 5.69 Å². The molecule has 0 amide bonds. The molecule has 0 saturated carbocycles. The zero-order valence-electron chi connectivity index (χ0n) is 9.66. The summed E-state index contributed by atoms with van der Waals surface area (Å²) in [5.41, 5.74) is 1.94. The van der Waals surface area contributed by atoms with E-state index in [-0.39, 0.29) is 12.4 Å². The fourth-order valence-corrected chi connectivity index (χ4v) is 1.23. The van der Waals surface area contributed by atoms with Gasteiger partial charge in [-0.25, -0.2) is 4.98 Å². The van der Waals surface area contributed by atoms with Crippen molar-refractivity contribution in [1.29, 1.82) is 0 Å². The molecule has 0 unspecified atom stereocenters. The van der Waals surface area contributed by atoms with Crippen LogP contribution in [-0.2, 0) is 0 Å². The van der Waals surface area contributed by atoms with Crippen molar-refractivity contribution in [3.8, 4) is 0 Å². The highest BCUT2D eigenvalue weighted by Gasteiger charge is 1.95. The van der Waals surface area contributed by atoms with Crippen molar-refractivity contribution in [3.05, 3.63) is 36.7 Å². The van der Waals surface area contributed by atoms with E-state index in [4.69, 9.17) is 0 Å². The van der Waals surface area contributed by atoms with Gasteiger partial charge in [0, 0.05) is 32.2 Å². The molecule has 5 nitrogen and oxygen atoms in total. The second kappa shape index (κ2) is 6.00. The summed E-state index contributed by atoms with van der Waals surface area (Å²) in [6.45, 7) is 0. The monoisotopic (exact) mass is 251 g/mol.